The highest BCUT2D eigenvalue weighted by atomic mass is 35.5. The highest BCUT2D eigenvalue weighted by molar-refractivity contribution is 7.89. The molecule has 0 aliphatic rings. The summed E-state index contributed by atoms with van der Waals surface area (Å²) in [7, 11) is -2.78. The maximum atomic E-state index is 12.1. The molecule has 148 valence electrons. The standard InChI is InChI=1S/C17H15ClN2O7S/c1-26-13-5-3-2-4-11(13)16(22)20-15(21)9-27-17(23)10-6-7-12(18)14(8-10)28(19,24)25/h2-8H,9H2,1H3,(H2,19,24,25)(H,20,21,22). The van der Waals surface area contributed by atoms with E-state index >= 15 is 0 Å². The zero-order valence-corrected chi connectivity index (χ0v) is 16.0. The number of nitrogens with two attached hydrogens (primary N) is 1. The number of para-hydroxylation sites is 1. The molecule has 0 aliphatic heterocycles. The first-order valence-corrected chi connectivity index (χ1v) is 9.52. The molecule has 0 radical (unpaired) electrons. The number of methoxy groups -OCH3 is 1. The fourth-order valence-corrected chi connectivity index (χ4v) is 3.20. The van der Waals surface area contributed by atoms with E-state index < -0.39 is 39.3 Å². The van der Waals surface area contributed by atoms with Crippen molar-refractivity contribution in [2.24, 2.45) is 5.14 Å². The molecule has 0 fully saturated rings. The van der Waals surface area contributed by atoms with E-state index in [1.807, 2.05) is 0 Å². The van der Waals surface area contributed by atoms with Gasteiger partial charge in [-0.1, -0.05) is 23.7 Å². The van der Waals surface area contributed by atoms with Crippen LogP contribution in [0.15, 0.2) is 47.4 Å². The molecule has 0 saturated heterocycles. The molecule has 0 saturated carbocycles. The van der Waals surface area contributed by atoms with E-state index in [4.69, 9.17) is 26.2 Å². The minimum atomic E-state index is -4.15. The quantitative estimate of drug-likeness (QED) is 0.658. The van der Waals surface area contributed by atoms with E-state index in [0.29, 0.717) is 0 Å². The Morgan fingerprint density at radius 3 is 2.46 bits per heavy atom. The lowest BCUT2D eigenvalue weighted by atomic mass is 10.2. The van der Waals surface area contributed by atoms with Gasteiger partial charge in [0.15, 0.2) is 6.61 Å². The van der Waals surface area contributed by atoms with Crippen molar-refractivity contribution in [3.63, 3.8) is 0 Å². The Morgan fingerprint density at radius 1 is 1.14 bits per heavy atom. The van der Waals surface area contributed by atoms with Crippen molar-refractivity contribution in [1.82, 2.24) is 5.32 Å². The van der Waals surface area contributed by atoms with Crippen molar-refractivity contribution in [1.29, 1.82) is 0 Å². The number of rotatable bonds is 6. The fourth-order valence-electron chi connectivity index (χ4n) is 2.13. The second-order valence-corrected chi connectivity index (χ2v) is 7.28. The van der Waals surface area contributed by atoms with Crippen LogP contribution in [0.5, 0.6) is 5.75 Å². The van der Waals surface area contributed by atoms with Crippen molar-refractivity contribution in [2.45, 2.75) is 4.90 Å². The van der Waals surface area contributed by atoms with Gasteiger partial charge in [0, 0.05) is 0 Å². The number of primary sulfonamides is 1. The maximum Gasteiger partial charge on any atom is 0.338 e. The number of carbonyl (C=O) groups is 3. The molecule has 0 unspecified atom stereocenters. The molecule has 2 rings (SSSR count). The first kappa shape index (κ1) is 21.4. The number of benzene rings is 2. The minimum absolute atomic E-state index is 0.125. The van der Waals surface area contributed by atoms with Crippen LogP contribution in [0.4, 0.5) is 0 Å². The van der Waals surface area contributed by atoms with E-state index in [9.17, 15) is 22.8 Å². The van der Waals surface area contributed by atoms with Crippen molar-refractivity contribution < 1.29 is 32.3 Å². The second-order valence-electron chi connectivity index (χ2n) is 5.34. The van der Waals surface area contributed by atoms with Crippen LogP contribution in [0.25, 0.3) is 0 Å². The molecule has 28 heavy (non-hydrogen) atoms. The molecule has 2 aromatic rings. The third kappa shape index (κ3) is 5.28. The van der Waals surface area contributed by atoms with E-state index in [-0.39, 0.29) is 21.9 Å². The molecule has 0 aromatic heterocycles. The number of ether oxygens (including phenoxy) is 2. The Hall–Kier alpha value is -2.95. The SMILES string of the molecule is COc1ccccc1C(=O)NC(=O)COC(=O)c1ccc(Cl)c(S(N)(=O)=O)c1. The number of halogens is 1. The van der Waals surface area contributed by atoms with Crippen LogP contribution in [0.3, 0.4) is 0 Å². The summed E-state index contributed by atoms with van der Waals surface area (Å²) in [6.45, 7) is -0.771. The third-order valence-corrected chi connectivity index (χ3v) is 4.80. The highest BCUT2D eigenvalue weighted by Gasteiger charge is 2.19. The number of sulfonamides is 1. The van der Waals surface area contributed by atoms with Crippen LogP contribution < -0.4 is 15.2 Å². The Balaban J connectivity index is 2.01. The van der Waals surface area contributed by atoms with Crippen molar-refractivity contribution in [3.8, 4) is 5.75 Å². The van der Waals surface area contributed by atoms with Gasteiger partial charge in [0.2, 0.25) is 10.0 Å². The van der Waals surface area contributed by atoms with Crippen LogP contribution in [-0.2, 0) is 19.6 Å². The predicted octanol–water partition coefficient (Wildman–Crippen LogP) is 1.11. The van der Waals surface area contributed by atoms with Crippen LogP contribution in [-0.4, -0.2) is 39.9 Å². The summed E-state index contributed by atoms with van der Waals surface area (Å²) in [5.41, 5.74) is -0.0579. The molecule has 0 spiro atoms. The first-order chi connectivity index (χ1) is 13.1. The van der Waals surface area contributed by atoms with E-state index in [0.717, 1.165) is 12.1 Å². The number of hydrogen-bond donors (Lipinski definition) is 2. The lowest BCUT2D eigenvalue weighted by Gasteiger charge is -2.09. The van der Waals surface area contributed by atoms with Crippen molar-refractivity contribution >= 4 is 39.4 Å². The van der Waals surface area contributed by atoms with Gasteiger partial charge in [-0.05, 0) is 30.3 Å². The smallest absolute Gasteiger partial charge is 0.338 e. The summed E-state index contributed by atoms with van der Waals surface area (Å²) in [4.78, 5) is 35.5. The summed E-state index contributed by atoms with van der Waals surface area (Å²) in [5, 5.41) is 6.89. The summed E-state index contributed by atoms with van der Waals surface area (Å²) >= 11 is 5.73. The van der Waals surface area contributed by atoms with Crippen LogP contribution in [0.2, 0.25) is 5.02 Å². The highest BCUT2D eigenvalue weighted by Crippen LogP contribution is 2.22. The van der Waals surface area contributed by atoms with Crippen LogP contribution in [0, 0.1) is 0 Å². The van der Waals surface area contributed by atoms with Crippen LogP contribution in [0.1, 0.15) is 20.7 Å². The summed E-state index contributed by atoms with van der Waals surface area (Å²) in [5.74, 6) is -2.35. The van der Waals surface area contributed by atoms with Gasteiger partial charge in [-0.3, -0.25) is 14.9 Å². The second kappa shape index (κ2) is 8.83. The minimum Gasteiger partial charge on any atom is -0.496 e. The Labute approximate surface area is 165 Å². The van der Waals surface area contributed by atoms with Gasteiger partial charge in [0.05, 0.1) is 23.3 Å². The van der Waals surface area contributed by atoms with Crippen molar-refractivity contribution in [2.75, 3.05) is 13.7 Å². The maximum absolute atomic E-state index is 12.1. The summed E-state index contributed by atoms with van der Waals surface area (Å²) < 4.78 is 32.7. The van der Waals surface area contributed by atoms with Gasteiger partial charge < -0.3 is 9.47 Å². The van der Waals surface area contributed by atoms with Gasteiger partial charge in [-0.15, -0.1) is 0 Å². The largest absolute Gasteiger partial charge is 0.496 e. The number of nitrogens with one attached hydrogen (secondary N) is 1. The molecule has 0 atom stereocenters. The molecule has 2 amide bonds. The summed E-state index contributed by atoms with van der Waals surface area (Å²) in [6, 6.07) is 9.53. The molecule has 3 N–H and O–H groups in total. The topological polar surface area (TPSA) is 142 Å². The molecule has 11 heteroatoms. The predicted molar refractivity (Wildman–Crippen MR) is 98.6 cm³/mol. The fraction of sp³-hybridized carbons (Fsp3) is 0.118. The molecule has 9 nitrogen and oxygen atoms in total. The van der Waals surface area contributed by atoms with Crippen LogP contribution >= 0.6 is 11.6 Å². The summed E-state index contributed by atoms with van der Waals surface area (Å²) in [6.07, 6.45) is 0. The lowest BCUT2D eigenvalue weighted by molar-refractivity contribution is -0.123. The van der Waals surface area contributed by atoms with Gasteiger partial charge >= 0.3 is 5.97 Å². The van der Waals surface area contributed by atoms with Gasteiger partial charge in [0.25, 0.3) is 11.8 Å². The van der Waals surface area contributed by atoms with Crippen molar-refractivity contribution in [3.05, 3.63) is 58.6 Å². The normalized spacial score (nSPS) is 10.8. The Bertz CT molecular complexity index is 1040. The molecule has 0 aliphatic carbocycles. The van der Waals surface area contributed by atoms with E-state index in [1.54, 1.807) is 18.2 Å². The Kier molecular flexibility index (Phi) is 6.73. The first-order valence-electron chi connectivity index (χ1n) is 7.60. The molecule has 0 bridgehead atoms. The average Bonchev–Trinajstić information content (AvgIpc) is 2.65. The molecular weight excluding hydrogens is 412 g/mol. The zero-order valence-electron chi connectivity index (χ0n) is 14.5. The lowest BCUT2D eigenvalue weighted by Crippen LogP contribution is -2.34. The van der Waals surface area contributed by atoms with E-state index in [1.165, 1.54) is 19.2 Å². The third-order valence-electron chi connectivity index (χ3n) is 3.41. The molecule has 0 heterocycles. The number of imide groups is 1. The van der Waals surface area contributed by atoms with Gasteiger partial charge in [-0.2, -0.15) is 0 Å². The number of carbonyl (C=O) groups excluding carboxylic acids is 3. The monoisotopic (exact) mass is 426 g/mol. The average molecular weight is 427 g/mol. The Morgan fingerprint density at radius 2 is 1.82 bits per heavy atom. The zero-order chi connectivity index (χ0) is 20.9. The van der Waals surface area contributed by atoms with Gasteiger partial charge in [-0.25, -0.2) is 18.4 Å². The van der Waals surface area contributed by atoms with Gasteiger partial charge in [0.1, 0.15) is 10.6 Å². The number of amides is 2. The molecular formula is C17H15ClN2O7S. The number of hydrogen-bond acceptors (Lipinski definition) is 7. The number of esters is 1. The molecule has 2 aromatic carbocycles. The van der Waals surface area contributed by atoms with E-state index in [2.05, 4.69) is 5.32 Å².